The Morgan fingerprint density at radius 2 is 1.70 bits per heavy atom. The van der Waals surface area contributed by atoms with Gasteiger partial charge < -0.3 is 30.9 Å². The molecule has 0 fully saturated rings. The van der Waals surface area contributed by atoms with E-state index < -0.39 is 22.5 Å². The highest BCUT2D eigenvalue weighted by atomic mass is 32.2. The number of rotatable bonds is 14. The topological polar surface area (TPSA) is 190 Å². The molecule has 0 saturated heterocycles. The minimum atomic E-state index is -3.37. The predicted molar refractivity (Wildman–Crippen MR) is 98.3 cm³/mol. The average molecular weight is 407 g/mol. The lowest BCUT2D eigenvalue weighted by atomic mass is 10.5. The number of carboxylic acids is 1. The first-order valence-electron chi connectivity index (χ1n) is 8.21. The fourth-order valence-electron chi connectivity index (χ4n) is 1.86. The summed E-state index contributed by atoms with van der Waals surface area (Å²) in [5, 5.41) is 32.2. The van der Waals surface area contributed by atoms with Gasteiger partial charge in [0.05, 0.1) is 19.0 Å². The van der Waals surface area contributed by atoms with Gasteiger partial charge in [-0.1, -0.05) is 0 Å². The summed E-state index contributed by atoms with van der Waals surface area (Å²) in [5.74, 6) is -0.970. The Bertz CT molecular complexity index is 702. The fraction of sp³-hybridized carbons (Fsp3) is 0.692. The molecule has 1 heterocycles. The van der Waals surface area contributed by atoms with E-state index in [2.05, 4.69) is 30.3 Å². The first-order chi connectivity index (χ1) is 12.8. The third-order valence-electron chi connectivity index (χ3n) is 3.15. The summed E-state index contributed by atoms with van der Waals surface area (Å²) in [7, 11) is -3.37. The third-order valence-corrected chi connectivity index (χ3v) is 4.56. The molecule has 6 N–H and O–H groups in total. The zero-order valence-electron chi connectivity index (χ0n) is 14.9. The van der Waals surface area contributed by atoms with E-state index in [1.807, 2.05) is 0 Å². The van der Waals surface area contributed by atoms with E-state index in [1.54, 1.807) is 0 Å². The van der Waals surface area contributed by atoms with Crippen molar-refractivity contribution < 1.29 is 28.5 Å². The molecule has 13 nitrogen and oxygen atoms in total. The molecular weight excluding hydrogens is 382 g/mol. The van der Waals surface area contributed by atoms with Crippen molar-refractivity contribution in [2.45, 2.75) is 6.92 Å². The Kier molecular flexibility index (Phi) is 9.63. The Morgan fingerprint density at radius 1 is 1.04 bits per heavy atom. The third kappa shape index (κ3) is 8.76. The van der Waals surface area contributed by atoms with Crippen LogP contribution in [0.1, 0.15) is 6.92 Å². The van der Waals surface area contributed by atoms with Gasteiger partial charge in [-0.2, -0.15) is 15.0 Å². The maximum absolute atomic E-state index is 11.5. The molecular formula is C13H25N7O6S. The zero-order valence-corrected chi connectivity index (χ0v) is 15.7. The van der Waals surface area contributed by atoms with Crippen LogP contribution in [0, 0.1) is 0 Å². The van der Waals surface area contributed by atoms with E-state index in [0.29, 0.717) is 0 Å². The number of nitrogens with one attached hydrogen (secondary N) is 3. The molecule has 1 rings (SSSR count). The number of aliphatic hydroxyl groups excluding tert-OH is 2. The van der Waals surface area contributed by atoms with Gasteiger partial charge in [-0.25, -0.2) is 13.1 Å². The minimum Gasteiger partial charge on any atom is -0.480 e. The number of nitrogens with zero attached hydrogens (tertiary/aromatic N) is 4. The SMILES string of the molecule is CCS(=O)(=O)NCCN(CCO)c1nc(NCCO)nc(NCC(=O)O)n1. The summed E-state index contributed by atoms with van der Waals surface area (Å²) in [5.41, 5.74) is 0. The summed E-state index contributed by atoms with van der Waals surface area (Å²) < 4.78 is 25.5. The first-order valence-corrected chi connectivity index (χ1v) is 9.86. The van der Waals surface area contributed by atoms with Gasteiger partial charge >= 0.3 is 5.97 Å². The molecule has 14 heteroatoms. The van der Waals surface area contributed by atoms with Gasteiger partial charge in [-0.05, 0) is 6.92 Å². The molecule has 1 aromatic rings. The molecule has 0 aliphatic rings. The quantitative estimate of drug-likeness (QED) is 0.190. The number of aliphatic carboxylic acids is 1. The number of carbonyl (C=O) groups is 1. The largest absolute Gasteiger partial charge is 0.480 e. The molecule has 0 spiro atoms. The number of anilines is 3. The predicted octanol–water partition coefficient (Wildman–Crippen LogP) is -2.49. The van der Waals surface area contributed by atoms with E-state index >= 15 is 0 Å². The summed E-state index contributed by atoms with van der Waals surface area (Å²) in [6, 6.07) is 0. The minimum absolute atomic E-state index is 0.0140. The summed E-state index contributed by atoms with van der Waals surface area (Å²) in [6.07, 6.45) is 0. The van der Waals surface area contributed by atoms with Gasteiger partial charge in [0.1, 0.15) is 6.54 Å². The highest BCUT2D eigenvalue weighted by Gasteiger charge is 2.15. The number of aliphatic hydroxyl groups is 2. The number of sulfonamides is 1. The number of aromatic nitrogens is 3. The summed E-state index contributed by atoms with van der Waals surface area (Å²) in [4.78, 5) is 24.5. The van der Waals surface area contributed by atoms with E-state index in [9.17, 15) is 18.3 Å². The fourth-order valence-corrected chi connectivity index (χ4v) is 2.46. The van der Waals surface area contributed by atoms with Crippen LogP contribution in [0.2, 0.25) is 0 Å². The van der Waals surface area contributed by atoms with Crippen molar-refractivity contribution in [1.29, 1.82) is 0 Å². The molecule has 0 radical (unpaired) electrons. The molecule has 0 unspecified atom stereocenters. The van der Waals surface area contributed by atoms with Crippen LogP contribution in [0.15, 0.2) is 0 Å². The first kappa shape index (κ1) is 22.8. The van der Waals surface area contributed by atoms with Gasteiger partial charge in [0.15, 0.2) is 0 Å². The van der Waals surface area contributed by atoms with Crippen molar-refractivity contribution in [3.05, 3.63) is 0 Å². The lowest BCUT2D eigenvalue weighted by Crippen LogP contribution is -2.38. The molecule has 0 aliphatic carbocycles. The van der Waals surface area contributed by atoms with Crippen molar-refractivity contribution in [3.63, 3.8) is 0 Å². The van der Waals surface area contributed by atoms with E-state index in [0.717, 1.165) is 0 Å². The van der Waals surface area contributed by atoms with Gasteiger partial charge in [0.2, 0.25) is 27.9 Å². The Balaban J connectivity index is 2.99. The molecule has 0 atom stereocenters. The standard InChI is InChI=1S/C13H25N7O6S/c1-2-27(25,26)16-3-5-20(6-8-22)13-18-11(14-4-7-21)17-12(19-13)15-9-10(23)24/h16,21-22H,2-9H2,1H3,(H,23,24)(H2,14,15,17,18,19). The molecule has 0 bridgehead atoms. The van der Waals surface area contributed by atoms with Crippen LogP contribution in [0.25, 0.3) is 0 Å². The van der Waals surface area contributed by atoms with Crippen molar-refractivity contribution in [2.75, 3.05) is 67.2 Å². The van der Waals surface area contributed by atoms with Crippen LogP contribution in [-0.4, -0.2) is 96.3 Å². The van der Waals surface area contributed by atoms with Crippen molar-refractivity contribution in [1.82, 2.24) is 19.7 Å². The maximum Gasteiger partial charge on any atom is 0.322 e. The number of hydrogen-bond donors (Lipinski definition) is 6. The lowest BCUT2D eigenvalue weighted by molar-refractivity contribution is -0.134. The summed E-state index contributed by atoms with van der Waals surface area (Å²) >= 11 is 0. The molecule has 0 amide bonds. The van der Waals surface area contributed by atoms with Crippen molar-refractivity contribution in [3.8, 4) is 0 Å². The van der Waals surface area contributed by atoms with Gasteiger partial charge in [-0.15, -0.1) is 0 Å². The molecule has 154 valence electrons. The van der Waals surface area contributed by atoms with Crippen LogP contribution in [0.5, 0.6) is 0 Å². The monoisotopic (exact) mass is 407 g/mol. The molecule has 1 aromatic heterocycles. The molecule has 27 heavy (non-hydrogen) atoms. The van der Waals surface area contributed by atoms with Gasteiger partial charge in [0, 0.05) is 26.2 Å². The van der Waals surface area contributed by atoms with Gasteiger partial charge in [0.25, 0.3) is 0 Å². The zero-order chi connectivity index (χ0) is 20.3. The Labute approximate surface area is 156 Å². The van der Waals surface area contributed by atoms with Crippen LogP contribution in [0.3, 0.4) is 0 Å². The molecule has 0 aromatic carbocycles. The second kappa shape index (κ2) is 11.4. The Morgan fingerprint density at radius 3 is 2.26 bits per heavy atom. The molecule has 0 saturated carbocycles. The summed E-state index contributed by atoms with van der Waals surface area (Å²) in [6.45, 7) is 1.22. The van der Waals surface area contributed by atoms with E-state index in [1.165, 1.54) is 11.8 Å². The highest BCUT2D eigenvalue weighted by molar-refractivity contribution is 7.89. The van der Waals surface area contributed by atoms with Crippen LogP contribution in [0.4, 0.5) is 17.8 Å². The highest BCUT2D eigenvalue weighted by Crippen LogP contribution is 2.13. The lowest BCUT2D eigenvalue weighted by Gasteiger charge is -2.22. The average Bonchev–Trinajstić information content (AvgIpc) is 2.63. The van der Waals surface area contributed by atoms with E-state index in [4.69, 9.17) is 10.2 Å². The molecule has 0 aliphatic heterocycles. The second-order valence-electron chi connectivity index (χ2n) is 5.19. The van der Waals surface area contributed by atoms with Crippen LogP contribution in [-0.2, 0) is 14.8 Å². The van der Waals surface area contributed by atoms with Crippen LogP contribution < -0.4 is 20.3 Å². The van der Waals surface area contributed by atoms with Crippen molar-refractivity contribution >= 4 is 33.8 Å². The van der Waals surface area contributed by atoms with Crippen LogP contribution >= 0.6 is 0 Å². The van der Waals surface area contributed by atoms with E-state index in [-0.39, 0.29) is 63.0 Å². The smallest absolute Gasteiger partial charge is 0.322 e. The van der Waals surface area contributed by atoms with Gasteiger partial charge in [-0.3, -0.25) is 4.79 Å². The maximum atomic E-state index is 11.5. The normalized spacial score (nSPS) is 11.2. The second-order valence-corrected chi connectivity index (χ2v) is 7.28. The Hall–Kier alpha value is -2.29. The van der Waals surface area contributed by atoms with Crippen molar-refractivity contribution in [2.24, 2.45) is 0 Å². The number of carboxylic acid groups (broad SMARTS) is 1. The number of hydrogen-bond acceptors (Lipinski definition) is 11.